The fraction of sp³-hybridized carbons (Fsp3) is 0.250. The zero-order valence-electron chi connectivity index (χ0n) is 9.27. The van der Waals surface area contributed by atoms with Crippen LogP contribution in [0, 0.1) is 0 Å². The summed E-state index contributed by atoms with van der Waals surface area (Å²) in [5.41, 5.74) is 5.99. The van der Waals surface area contributed by atoms with Crippen LogP contribution in [0.4, 0.5) is 0 Å². The van der Waals surface area contributed by atoms with Crippen LogP contribution in [-0.4, -0.2) is 11.0 Å². The molecule has 90 valence electrons. The smallest absolute Gasteiger partial charge is 0.0794 e. The Bertz CT molecular complexity index is 459. The largest absolute Gasteiger partial charge is 0.271 e. The second-order valence-corrected chi connectivity index (χ2v) is 5.66. The van der Waals surface area contributed by atoms with Crippen LogP contribution >= 0.6 is 27.3 Å². The SMILES string of the molecule is NNC(Cc1cncs1)Cc1ccccc1Br. The molecule has 0 spiro atoms. The van der Waals surface area contributed by atoms with E-state index >= 15 is 0 Å². The molecule has 0 bridgehead atoms. The molecule has 0 radical (unpaired) electrons. The lowest BCUT2D eigenvalue weighted by molar-refractivity contribution is 0.524. The molecule has 0 aliphatic carbocycles. The minimum absolute atomic E-state index is 0.231. The molecule has 0 aliphatic heterocycles. The normalized spacial score (nSPS) is 12.6. The molecule has 1 aromatic carbocycles. The van der Waals surface area contributed by atoms with Gasteiger partial charge in [-0.2, -0.15) is 0 Å². The number of aromatic nitrogens is 1. The maximum atomic E-state index is 5.61. The molecule has 0 saturated heterocycles. The van der Waals surface area contributed by atoms with Crippen LogP contribution in [0.25, 0.3) is 0 Å². The molecule has 17 heavy (non-hydrogen) atoms. The molecule has 1 heterocycles. The Balaban J connectivity index is 2.03. The van der Waals surface area contributed by atoms with E-state index in [0.29, 0.717) is 0 Å². The lowest BCUT2D eigenvalue weighted by Crippen LogP contribution is -2.38. The van der Waals surface area contributed by atoms with Gasteiger partial charge < -0.3 is 0 Å². The van der Waals surface area contributed by atoms with Gasteiger partial charge in [0.1, 0.15) is 0 Å². The Kier molecular flexibility index (Phi) is 4.67. The molecular weight excluding hydrogens is 298 g/mol. The standard InChI is InChI=1S/C12H14BrN3S/c13-12-4-2-1-3-9(12)5-10(16-14)6-11-7-15-8-17-11/h1-4,7-8,10,16H,5-6,14H2. The van der Waals surface area contributed by atoms with Gasteiger partial charge in [-0.15, -0.1) is 11.3 Å². The van der Waals surface area contributed by atoms with Crippen LogP contribution in [0.3, 0.4) is 0 Å². The molecule has 2 rings (SSSR count). The fourth-order valence-corrected chi connectivity index (χ4v) is 2.83. The molecule has 1 atom stereocenters. The zero-order valence-corrected chi connectivity index (χ0v) is 11.7. The minimum atomic E-state index is 0.231. The first-order valence-electron chi connectivity index (χ1n) is 5.36. The molecule has 1 unspecified atom stereocenters. The summed E-state index contributed by atoms with van der Waals surface area (Å²) in [6.45, 7) is 0. The highest BCUT2D eigenvalue weighted by atomic mass is 79.9. The number of nitrogens with one attached hydrogen (secondary N) is 1. The van der Waals surface area contributed by atoms with Crippen molar-refractivity contribution < 1.29 is 0 Å². The van der Waals surface area contributed by atoms with Crippen molar-refractivity contribution in [3.05, 3.63) is 50.9 Å². The van der Waals surface area contributed by atoms with Gasteiger partial charge in [-0.1, -0.05) is 34.1 Å². The summed E-state index contributed by atoms with van der Waals surface area (Å²) in [7, 11) is 0. The van der Waals surface area contributed by atoms with E-state index in [1.54, 1.807) is 11.3 Å². The summed E-state index contributed by atoms with van der Waals surface area (Å²) in [6, 6.07) is 8.45. The molecule has 0 saturated carbocycles. The summed E-state index contributed by atoms with van der Waals surface area (Å²) in [4.78, 5) is 5.32. The van der Waals surface area contributed by atoms with E-state index in [1.165, 1.54) is 10.4 Å². The Hall–Kier alpha value is -0.750. The van der Waals surface area contributed by atoms with E-state index in [1.807, 2.05) is 23.8 Å². The van der Waals surface area contributed by atoms with E-state index in [9.17, 15) is 0 Å². The quantitative estimate of drug-likeness (QED) is 0.659. The average Bonchev–Trinajstić information content (AvgIpc) is 2.84. The van der Waals surface area contributed by atoms with E-state index in [-0.39, 0.29) is 6.04 Å². The first-order chi connectivity index (χ1) is 8.29. The van der Waals surface area contributed by atoms with Crippen molar-refractivity contribution in [1.29, 1.82) is 0 Å². The van der Waals surface area contributed by atoms with Gasteiger partial charge in [0.15, 0.2) is 0 Å². The summed E-state index contributed by atoms with van der Waals surface area (Å²) in [5, 5.41) is 0. The molecule has 3 nitrogen and oxygen atoms in total. The van der Waals surface area contributed by atoms with Crippen molar-refractivity contribution in [3.8, 4) is 0 Å². The van der Waals surface area contributed by atoms with Gasteiger partial charge in [0, 0.05) is 28.0 Å². The van der Waals surface area contributed by atoms with Crippen LogP contribution in [0.15, 0.2) is 40.4 Å². The number of nitrogens with zero attached hydrogens (tertiary/aromatic N) is 1. The van der Waals surface area contributed by atoms with Gasteiger partial charge in [0.05, 0.1) is 5.51 Å². The van der Waals surface area contributed by atoms with Crippen molar-refractivity contribution in [3.63, 3.8) is 0 Å². The molecular formula is C12H14BrN3S. The lowest BCUT2D eigenvalue weighted by Gasteiger charge is -2.15. The number of hydrogen-bond acceptors (Lipinski definition) is 4. The second-order valence-electron chi connectivity index (χ2n) is 3.83. The van der Waals surface area contributed by atoms with Crippen molar-refractivity contribution in [1.82, 2.24) is 10.4 Å². The lowest BCUT2D eigenvalue weighted by atomic mass is 10.0. The maximum absolute atomic E-state index is 5.61. The molecule has 3 N–H and O–H groups in total. The van der Waals surface area contributed by atoms with Crippen LogP contribution in [0.1, 0.15) is 10.4 Å². The van der Waals surface area contributed by atoms with E-state index in [0.717, 1.165) is 17.3 Å². The number of nitrogens with two attached hydrogens (primary N) is 1. The minimum Gasteiger partial charge on any atom is -0.271 e. The van der Waals surface area contributed by atoms with Crippen LogP contribution < -0.4 is 11.3 Å². The Labute approximate surface area is 113 Å². The Morgan fingerprint density at radius 3 is 2.82 bits per heavy atom. The molecule has 0 fully saturated rings. The summed E-state index contributed by atoms with van der Waals surface area (Å²) in [6.07, 6.45) is 3.70. The molecule has 5 heteroatoms. The Morgan fingerprint density at radius 2 is 2.18 bits per heavy atom. The van der Waals surface area contributed by atoms with Crippen molar-refractivity contribution in [2.45, 2.75) is 18.9 Å². The number of benzene rings is 1. The molecule has 0 amide bonds. The van der Waals surface area contributed by atoms with E-state index in [4.69, 9.17) is 5.84 Å². The van der Waals surface area contributed by atoms with Crippen molar-refractivity contribution >= 4 is 27.3 Å². The maximum Gasteiger partial charge on any atom is 0.0794 e. The summed E-state index contributed by atoms with van der Waals surface area (Å²) in [5.74, 6) is 5.61. The molecule has 1 aromatic heterocycles. The summed E-state index contributed by atoms with van der Waals surface area (Å²) >= 11 is 5.22. The highest BCUT2D eigenvalue weighted by Gasteiger charge is 2.11. The topological polar surface area (TPSA) is 50.9 Å². The van der Waals surface area contributed by atoms with Crippen molar-refractivity contribution in [2.24, 2.45) is 5.84 Å². The van der Waals surface area contributed by atoms with E-state index < -0.39 is 0 Å². The highest BCUT2D eigenvalue weighted by Crippen LogP contribution is 2.19. The Morgan fingerprint density at radius 1 is 1.35 bits per heavy atom. The van der Waals surface area contributed by atoms with Gasteiger partial charge >= 0.3 is 0 Å². The molecule has 2 aromatic rings. The third kappa shape index (κ3) is 3.61. The van der Waals surface area contributed by atoms with Gasteiger partial charge in [0.2, 0.25) is 0 Å². The molecule has 0 aliphatic rings. The van der Waals surface area contributed by atoms with Gasteiger partial charge in [-0.3, -0.25) is 16.3 Å². The zero-order chi connectivity index (χ0) is 12.1. The number of thiazole rings is 1. The summed E-state index contributed by atoms with van der Waals surface area (Å²) < 4.78 is 1.13. The van der Waals surface area contributed by atoms with Crippen LogP contribution in [0.5, 0.6) is 0 Å². The predicted molar refractivity (Wildman–Crippen MR) is 74.8 cm³/mol. The third-order valence-electron chi connectivity index (χ3n) is 2.59. The number of rotatable bonds is 5. The fourth-order valence-electron chi connectivity index (χ4n) is 1.71. The van der Waals surface area contributed by atoms with Gasteiger partial charge in [0.25, 0.3) is 0 Å². The number of halogens is 1. The van der Waals surface area contributed by atoms with Gasteiger partial charge in [-0.05, 0) is 18.1 Å². The number of hydrazine groups is 1. The average molecular weight is 312 g/mol. The highest BCUT2D eigenvalue weighted by molar-refractivity contribution is 9.10. The first kappa shape index (κ1) is 12.7. The van der Waals surface area contributed by atoms with E-state index in [2.05, 4.69) is 38.5 Å². The monoisotopic (exact) mass is 311 g/mol. The third-order valence-corrected chi connectivity index (χ3v) is 4.17. The van der Waals surface area contributed by atoms with Crippen molar-refractivity contribution in [2.75, 3.05) is 0 Å². The van der Waals surface area contributed by atoms with Crippen LogP contribution in [0.2, 0.25) is 0 Å². The second kappa shape index (κ2) is 6.26. The number of hydrogen-bond donors (Lipinski definition) is 2. The predicted octanol–water partition coefficient (Wildman–Crippen LogP) is 2.52. The first-order valence-corrected chi connectivity index (χ1v) is 7.03. The van der Waals surface area contributed by atoms with Crippen LogP contribution in [-0.2, 0) is 12.8 Å². The van der Waals surface area contributed by atoms with Gasteiger partial charge in [-0.25, -0.2) is 0 Å².